The van der Waals surface area contributed by atoms with Gasteiger partial charge in [-0.2, -0.15) is 5.26 Å². The van der Waals surface area contributed by atoms with Crippen molar-refractivity contribution in [2.24, 2.45) is 17.8 Å². The Balaban J connectivity index is 1.06. The molecule has 4 amide bonds. The predicted molar refractivity (Wildman–Crippen MR) is 171 cm³/mol. The lowest BCUT2D eigenvalue weighted by Gasteiger charge is -2.46. The van der Waals surface area contributed by atoms with E-state index in [0.29, 0.717) is 36.1 Å². The van der Waals surface area contributed by atoms with Crippen molar-refractivity contribution in [3.05, 3.63) is 76.5 Å². The number of hydrogen-bond acceptors (Lipinski definition) is 7. The van der Waals surface area contributed by atoms with Crippen LogP contribution in [-0.2, 0) is 9.59 Å². The normalized spacial score (nSPS) is 26.1. The maximum Gasteiger partial charge on any atom is 0.326 e. The van der Waals surface area contributed by atoms with Crippen LogP contribution in [0.3, 0.4) is 0 Å². The van der Waals surface area contributed by atoms with Gasteiger partial charge in [0.1, 0.15) is 23.1 Å². The quantitative estimate of drug-likeness (QED) is 0.300. The summed E-state index contributed by atoms with van der Waals surface area (Å²) in [6.45, 7) is 3.55. The highest BCUT2D eigenvalue weighted by atomic mass is 32.2. The lowest BCUT2D eigenvalue weighted by atomic mass is 9.86. The first-order valence-electron chi connectivity index (χ1n) is 15.7. The highest BCUT2D eigenvalue weighted by Crippen LogP contribution is 2.47. The third-order valence-corrected chi connectivity index (χ3v) is 10.5. The SMILES string of the molecule is Cc1cc(Oc2ccccc2)ccc1N1C(=O)NC2=C(NC(=O)C3CCCN(C(=O)/C(C#N)=C/C4CC4)C3)SC3NCCC1C23. The molecule has 7 rings (SSSR count). The number of rotatable bonds is 7. The monoisotopic (exact) mass is 624 g/mol. The summed E-state index contributed by atoms with van der Waals surface area (Å²) in [7, 11) is 0. The fourth-order valence-corrected chi connectivity index (χ4v) is 8.22. The lowest BCUT2D eigenvalue weighted by molar-refractivity contribution is -0.132. The number of ether oxygens (including phenoxy) is 1. The number of carbonyl (C=O) groups excluding carboxylic acids is 3. The van der Waals surface area contributed by atoms with E-state index in [4.69, 9.17) is 4.74 Å². The topological polar surface area (TPSA) is 127 Å². The maximum absolute atomic E-state index is 13.7. The van der Waals surface area contributed by atoms with Gasteiger partial charge in [0.15, 0.2) is 0 Å². The van der Waals surface area contributed by atoms with E-state index in [1.807, 2.05) is 60.4 Å². The molecule has 4 unspecified atom stereocenters. The number of aryl methyl sites for hydroxylation is 1. The average Bonchev–Trinajstić information content (AvgIpc) is 3.81. The second kappa shape index (κ2) is 12.3. The second-order valence-electron chi connectivity index (χ2n) is 12.4. The van der Waals surface area contributed by atoms with Crippen LogP contribution in [0.4, 0.5) is 10.5 Å². The molecule has 2 aromatic rings. The molecule has 1 saturated carbocycles. The summed E-state index contributed by atoms with van der Waals surface area (Å²) in [5, 5.41) is 20.0. The van der Waals surface area contributed by atoms with Crippen LogP contribution in [-0.4, -0.2) is 53.8 Å². The number of nitrogens with one attached hydrogen (secondary N) is 3. The standard InChI is InChI=1S/C34H36N6O4S/c1-20-16-25(44-24-7-3-2-4-8-24)11-12-26(20)40-27-13-14-36-31-28(27)29(37-34(40)43)32(45-31)38-30(41)22-6-5-15-39(19-22)33(42)23(18-35)17-21-9-10-21/h2-4,7-8,11-12,16-17,21-22,27-28,31,36H,5-6,9-10,13-15,19H2,1H3,(H,37,43)(H,38,41)/b23-17+. The minimum Gasteiger partial charge on any atom is -0.457 e. The van der Waals surface area contributed by atoms with Gasteiger partial charge >= 0.3 is 6.03 Å². The third-order valence-electron chi connectivity index (χ3n) is 9.24. The minimum atomic E-state index is -0.390. The van der Waals surface area contributed by atoms with Crippen molar-refractivity contribution in [3.63, 3.8) is 0 Å². The molecule has 3 N–H and O–H groups in total. The molecular weight excluding hydrogens is 588 g/mol. The van der Waals surface area contributed by atoms with Gasteiger partial charge < -0.3 is 25.6 Å². The number of anilines is 1. The van der Waals surface area contributed by atoms with Crippen molar-refractivity contribution in [2.75, 3.05) is 24.5 Å². The van der Waals surface area contributed by atoms with E-state index in [-0.39, 0.29) is 47.3 Å². The molecule has 232 valence electrons. The number of carbonyl (C=O) groups is 3. The largest absolute Gasteiger partial charge is 0.457 e. The second-order valence-corrected chi connectivity index (χ2v) is 13.5. The number of nitriles is 1. The van der Waals surface area contributed by atoms with Crippen LogP contribution in [0.1, 0.15) is 37.7 Å². The fraction of sp³-hybridized carbons (Fsp3) is 0.412. The first-order chi connectivity index (χ1) is 21.9. The number of piperidine rings is 2. The van der Waals surface area contributed by atoms with E-state index in [1.165, 1.54) is 0 Å². The van der Waals surface area contributed by atoms with Gasteiger partial charge in [0.25, 0.3) is 5.91 Å². The molecule has 1 aliphatic carbocycles. The van der Waals surface area contributed by atoms with Crippen molar-refractivity contribution in [1.29, 1.82) is 5.26 Å². The molecule has 3 saturated heterocycles. The van der Waals surface area contributed by atoms with Crippen molar-refractivity contribution < 1.29 is 19.1 Å². The number of para-hydroxylation sites is 1. The number of thioether (sulfide) groups is 1. The average molecular weight is 625 g/mol. The molecule has 45 heavy (non-hydrogen) atoms. The number of nitrogens with zero attached hydrogens (tertiary/aromatic N) is 3. The Bertz CT molecular complexity index is 1630. The molecule has 0 spiro atoms. The summed E-state index contributed by atoms with van der Waals surface area (Å²) in [5.74, 6) is 0.912. The van der Waals surface area contributed by atoms with Crippen LogP contribution < -0.4 is 25.6 Å². The summed E-state index contributed by atoms with van der Waals surface area (Å²) in [6, 6.07) is 17.1. The van der Waals surface area contributed by atoms with Crippen LogP contribution in [0.5, 0.6) is 11.5 Å². The molecule has 4 heterocycles. The molecular formula is C34H36N6O4S. The molecule has 11 heteroatoms. The Labute approximate surface area is 266 Å². The fourth-order valence-electron chi connectivity index (χ4n) is 6.82. The third kappa shape index (κ3) is 5.92. The summed E-state index contributed by atoms with van der Waals surface area (Å²) in [5.41, 5.74) is 2.70. The zero-order chi connectivity index (χ0) is 31.1. The van der Waals surface area contributed by atoms with Gasteiger partial charge in [-0.3, -0.25) is 14.5 Å². The summed E-state index contributed by atoms with van der Waals surface area (Å²) in [6.07, 6.45) is 5.94. The first-order valence-corrected chi connectivity index (χ1v) is 16.6. The highest BCUT2D eigenvalue weighted by molar-refractivity contribution is 8.03. The zero-order valence-corrected chi connectivity index (χ0v) is 25.9. The van der Waals surface area contributed by atoms with E-state index in [1.54, 1.807) is 22.7 Å². The van der Waals surface area contributed by atoms with Gasteiger partial charge in [0, 0.05) is 24.7 Å². The lowest BCUT2D eigenvalue weighted by Crippen LogP contribution is -2.62. The molecule has 0 radical (unpaired) electrons. The van der Waals surface area contributed by atoms with Crippen LogP contribution >= 0.6 is 11.8 Å². The molecule has 4 fully saturated rings. The van der Waals surface area contributed by atoms with E-state index < -0.39 is 5.92 Å². The first kappa shape index (κ1) is 29.4. The molecule has 5 aliphatic rings. The number of amides is 4. The van der Waals surface area contributed by atoms with Crippen LogP contribution in [0.15, 0.2) is 70.9 Å². The Morgan fingerprint density at radius 2 is 1.93 bits per heavy atom. The van der Waals surface area contributed by atoms with Gasteiger partial charge in [-0.1, -0.05) is 36.0 Å². The number of hydrogen-bond donors (Lipinski definition) is 3. The number of benzene rings is 2. The van der Waals surface area contributed by atoms with Crippen molar-refractivity contribution >= 4 is 35.3 Å². The van der Waals surface area contributed by atoms with E-state index >= 15 is 0 Å². The Morgan fingerprint density at radius 1 is 1.11 bits per heavy atom. The predicted octanol–water partition coefficient (Wildman–Crippen LogP) is 4.75. The minimum absolute atomic E-state index is 0.00771. The van der Waals surface area contributed by atoms with Crippen molar-refractivity contribution in [2.45, 2.75) is 50.4 Å². The zero-order valence-electron chi connectivity index (χ0n) is 25.1. The Kier molecular flexibility index (Phi) is 8.02. The van der Waals surface area contributed by atoms with Gasteiger partial charge in [-0.25, -0.2) is 4.79 Å². The molecule has 4 atom stereocenters. The van der Waals surface area contributed by atoms with Crippen LogP contribution in [0, 0.1) is 36.0 Å². The van der Waals surface area contributed by atoms with Gasteiger partial charge in [0.2, 0.25) is 5.91 Å². The Hall–Kier alpha value is -4.27. The summed E-state index contributed by atoms with van der Waals surface area (Å²) < 4.78 is 6.02. The molecule has 2 aromatic carbocycles. The smallest absolute Gasteiger partial charge is 0.326 e. The van der Waals surface area contributed by atoms with E-state index in [2.05, 4.69) is 22.0 Å². The Morgan fingerprint density at radius 3 is 2.69 bits per heavy atom. The summed E-state index contributed by atoms with van der Waals surface area (Å²) in [4.78, 5) is 43.8. The van der Waals surface area contributed by atoms with Crippen molar-refractivity contribution in [3.8, 4) is 17.6 Å². The van der Waals surface area contributed by atoms with Gasteiger partial charge in [-0.05, 0) is 87.4 Å². The molecule has 4 aliphatic heterocycles. The van der Waals surface area contributed by atoms with Gasteiger partial charge in [0.05, 0.1) is 28.1 Å². The van der Waals surface area contributed by atoms with Gasteiger partial charge in [-0.15, -0.1) is 0 Å². The van der Waals surface area contributed by atoms with E-state index in [9.17, 15) is 19.6 Å². The van der Waals surface area contributed by atoms with Crippen molar-refractivity contribution in [1.82, 2.24) is 20.9 Å². The van der Waals surface area contributed by atoms with Crippen LogP contribution in [0.2, 0.25) is 0 Å². The molecule has 10 nitrogen and oxygen atoms in total. The molecule has 0 aromatic heterocycles. The van der Waals surface area contributed by atoms with E-state index in [0.717, 1.165) is 48.5 Å². The highest BCUT2D eigenvalue weighted by Gasteiger charge is 2.51. The number of likely N-dealkylation sites (tertiary alicyclic amines) is 1. The number of allylic oxidation sites excluding steroid dienone is 1. The summed E-state index contributed by atoms with van der Waals surface area (Å²) >= 11 is 1.54. The molecule has 0 bridgehead atoms. The van der Waals surface area contributed by atoms with Crippen LogP contribution in [0.25, 0.3) is 0 Å². The maximum atomic E-state index is 13.7. The number of urea groups is 1.